The van der Waals surface area contributed by atoms with Gasteiger partial charge in [-0.3, -0.25) is 4.90 Å². The van der Waals surface area contributed by atoms with E-state index in [4.69, 9.17) is 0 Å². The molecule has 2 heterocycles. The average molecular weight is 378 g/mol. The van der Waals surface area contributed by atoms with Gasteiger partial charge in [0.1, 0.15) is 12.0 Å². The van der Waals surface area contributed by atoms with Crippen LogP contribution in [0.1, 0.15) is 5.56 Å². The van der Waals surface area contributed by atoms with E-state index in [0.29, 0.717) is 18.2 Å². The lowest BCUT2D eigenvalue weighted by Gasteiger charge is -2.27. The second-order valence-electron chi connectivity index (χ2n) is 7.21. The zero-order valence-electron chi connectivity index (χ0n) is 14.6. The van der Waals surface area contributed by atoms with Gasteiger partial charge in [-0.25, -0.2) is 0 Å². The van der Waals surface area contributed by atoms with Crippen molar-refractivity contribution < 1.29 is 23.0 Å². The average Bonchev–Trinajstić information content (AvgIpc) is 3.14. The molecule has 1 N–H and O–H groups in total. The minimum Gasteiger partial charge on any atom is -0.406 e. The molecule has 27 heavy (non-hydrogen) atoms. The lowest BCUT2D eigenvalue weighted by Crippen LogP contribution is -2.36. The number of anilines is 1. The predicted octanol–water partition coefficient (Wildman–Crippen LogP) is 3.47. The number of rotatable bonds is 4. The van der Waals surface area contributed by atoms with Gasteiger partial charge in [-0.2, -0.15) is 0 Å². The van der Waals surface area contributed by atoms with Crippen LogP contribution < -0.4 is 9.64 Å². The normalized spacial score (nSPS) is 25.6. The van der Waals surface area contributed by atoms with Crippen molar-refractivity contribution in [2.24, 2.45) is 11.8 Å². The predicted molar refractivity (Wildman–Crippen MR) is 95.2 cm³/mol. The molecule has 0 aliphatic carbocycles. The van der Waals surface area contributed by atoms with Crippen molar-refractivity contribution in [2.45, 2.75) is 19.1 Å². The fraction of sp³-hybridized carbons (Fsp3) is 0.400. The number of halogens is 3. The Morgan fingerprint density at radius 2 is 1.67 bits per heavy atom. The number of benzene rings is 2. The summed E-state index contributed by atoms with van der Waals surface area (Å²) in [6.45, 7) is 3.27. The number of aliphatic hydroxyl groups excluding tert-OH is 1. The summed E-state index contributed by atoms with van der Waals surface area (Å²) in [5, 5.41) is 10.7. The Balaban J connectivity index is 1.38. The van der Waals surface area contributed by atoms with Crippen LogP contribution in [0.25, 0.3) is 0 Å². The largest absolute Gasteiger partial charge is 0.573 e. The number of hydrogen-bond donors (Lipinski definition) is 1. The number of aliphatic hydroxyl groups is 1. The Morgan fingerprint density at radius 1 is 0.963 bits per heavy atom. The topological polar surface area (TPSA) is 35.9 Å². The molecule has 0 aromatic heterocycles. The SMILES string of the molecule is OC1C2CN(Cc3ccccc3)CC2CN1c1ccc(OC(F)(F)F)cc1. The van der Waals surface area contributed by atoms with Crippen molar-refractivity contribution in [3.05, 3.63) is 60.2 Å². The lowest BCUT2D eigenvalue weighted by atomic mass is 10.00. The van der Waals surface area contributed by atoms with E-state index in [-0.39, 0.29) is 11.7 Å². The fourth-order valence-electron chi connectivity index (χ4n) is 4.18. The van der Waals surface area contributed by atoms with E-state index in [1.807, 2.05) is 23.1 Å². The van der Waals surface area contributed by atoms with Crippen LogP contribution >= 0.6 is 0 Å². The number of nitrogens with zero attached hydrogens (tertiary/aromatic N) is 2. The molecule has 3 unspecified atom stereocenters. The van der Waals surface area contributed by atoms with E-state index in [0.717, 1.165) is 19.6 Å². The zero-order valence-corrected chi connectivity index (χ0v) is 14.6. The Hall–Kier alpha value is -2.25. The highest BCUT2D eigenvalue weighted by Crippen LogP contribution is 2.38. The summed E-state index contributed by atoms with van der Waals surface area (Å²) in [6, 6.07) is 15.9. The van der Waals surface area contributed by atoms with Crippen LogP contribution in [-0.4, -0.2) is 42.2 Å². The zero-order chi connectivity index (χ0) is 19.0. The molecule has 0 saturated carbocycles. The van der Waals surface area contributed by atoms with E-state index >= 15 is 0 Å². The molecule has 4 nitrogen and oxygen atoms in total. The Bertz CT molecular complexity index is 767. The van der Waals surface area contributed by atoms with Crippen molar-refractivity contribution >= 4 is 5.69 Å². The summed E-state index contributed by atoms with van der Waals surface area (Å²) >= 11 is 0. The van der Waals surface area contributed by atoms with Crippen LogP contribution in [-0.2, 0) is 6.54 Å². The van der Waals surface area contributed by atoms with Gasteiger partial charge in [-0.1, -0.05) is 30.3 Å². The molecular weight excluding hydrogens is 357 g/mol. The highest BCUT2D eigenvalue weighted by molar-refractivity contribution is 5.51. The van der Waals surface area contributed by atoms with Gasteiger partial charge in [0, 0.05) is 37.8 Å². The smallest absolute Gasteiger partial charge is 0.406 e. The molecule has 0 spiro atoms. The summed E-state index contributed by atoms with van der Waals surface area (Å²) < 4.78 is 40.7. The fourth-order valence-corrected chi connectivity index (χ4v) is 4.18. The number of fused-ring (bicyclic) bond motifs is 1. The van der Waals surface area contributed by atoms with Crippen LogP contribution in [0.4, 0.5) is 18.9 Å². The van der Waals surface area contributed by atoms with E-state index in [2.05, 4.69) is 21.8 Å². The molecule has 0 radical (unpaired) electrons. The molecule has 2 aliphatic heterocycles. The third kappa shape index (κ3) is 4.04. The van der Waals surface area contributed by atoms with Gasteiger partial charge in [0.15, 0.2) is 0 Å². The molecule has 0 bridgehead atoms. The van der Waals surface area contributed by atoms with Crippen LogP contribution in [0, 0.1) is 11.8 Å². The number of alkyl halides is 3. The van der Waals surface area contributed by atoms with Gasteiger partial charge in [0.2, 0.25) is 0 Å². The first-order valence-corrected chi connectivity index (χ1v) is 8.96. The lowest BCUT2D eigenvalue weighted by molar-refractivity contribution is -0.274. The Morgan fingerprint density at radius 3 is 2.30 bits per heavy atom. The summed E-state index contributed by atoms with van der Waals surface area (Å²) in [6.07, 6.45) is -5.33. The summed E-state index contributed by atoms with van der Waals surface area (Å²) in [7, 11) is 0. The van der Waals surface area contributed by atoms with Gasteiger partial charge in [-0.15, -0.1) is 13.2 Å². The van der Waals surface area contributed by atoms with Gasteiger partial charge in [0.05, 0.1) is 0 Å². The standard InChI is InChI=1S/C20H21F3N2O2/c21-20(22,23)27-17-8-6-16(7-9-17)25-12-15-11-24(13-18(15)19(25)26)10-14-4-2-1-3-5-14/h1-9,15,18-19,26H,10-13H2. The molecule has 2 fully saturated rings. The molecule has 2 aromatic rings. The van der Waals surface area contributed by atoms with Crippen molar-refractivity contribution in [2.75, 3.05) is 24.5 Å². The second kappa shape index (κ2) is 7.05. The quantitative estimate of drug-likeness (QED) is 0.884. The Kier molecular flexibility index (Phi) is 4.74. The monoisotopic (exact) mass is 378 g/mol. The maximum Gasteiger partial charge on any atom is 0.573 e. The van der Waals surface area contributed by atoms with Gasteiger partial charge >= 0.3 is 6.36 Å². The molecule has 4 rings (SSSR count). The maximum atomic E-state index is 12.3. The first kappa shape index (κ1) is 18.1. The minimum atomic E-state index is -4.70. The summed E-state index contributed by atoms with van der Waals surface area (Å²) in [5.74, 6) is 0.226. The third-order valence-corrected chi connectivity index (χ3v) is 5.35. The van der Waals surface area contributed by atoms with E-state index in [1.165, 1.54) is 17.7 Å². The second-order valence-corrected chi connectivity index (χ2v) is 7.21. The van der Waals surface area contributed by atoms with Crippen LogP contribution in [0.5, 0.6) is 5.75 Å². The van der Waals surface area contributed by atoms with E-state index < -0.39 is 12.6 Å². The summed E-state index contributed by atoms with van der Waals surface area (Å²) in [5.41, 5.74) is 1.96. The van der Waals surface area contributed by atoms with Crippen LogP contribution in [0.15, 0.2) is 54.6 Å². The molecule has 3 atom stereocenters. The van der Waals surface area contributed by atoms with Crippen molar-refractivity contribution in [3.63, 3.8) is 0 Å². The highest BCUT2D eigenvalue weighted by Gasteiger charge is 2.46. The minimum absolute atomic E-state index is 0.139. The molecule has 2 aliphatic rings. The maximum absolute atomic E-state index is 12.3. The van der Waals surface area contributed by atoms with Crippen molar-refractivity contribution in [3.8, 4) is 5.75 Å². The third-order valence-electron chi connectivity index (χ3n) is 5.35. The molecular formula is C20H21F3N2O2. The number of likely N-dealkylation sites (tertiary alicyclic amines) is 1. The molecule has 2 aromatic carbocycles. The number of hydrogen-bond acceptors (Lipinski definition) is 4. The van der Waals surface area contributed by atoms with Crippen LogP contribution in [0.3, 0.4) is 0 Å². The van der Waals surface area contributed by atoms with Gasteiger partial charge in [0.25, 0.3) is 0 Å². The summed E-state index contributed by atoms with van der Waals surface area (Å²) in [4.78, 5) is 4.22. The van der Waals surface area contributed by atoms with Gasteiger partial charge in [-0.05, 0) is 35.7 Å². The Labute approximate surface area is 155 Å². The van der Waals surface area contributed by atoms with E-state index in [1.54, 1.807) is 12.1 Å². The van der Waals surface area contributed by atoms with Gasteiger partial charge < -0.3 is 14.7 Å². The molecule has 7 heteroatoms. The molecule has 2 saturated heterocycles. The molecule has 0 amide bonds. The number of ether oxygens (including phenoxy) is 1. The first-order valence-electron chi connectivity index (χ1n) is 8.96. The highest BCUT2D eigenvalue weighted by atomic mass is 19.4. The van der Waals surface area contributed by atoms with Crippen molar-refractivity contribution in [1.82, 2.24) is 4.90 Å². The molecule has 144 valence electrons. The first-order chi connectivity index (χ1) is 12.9. The van der Waals surface area contributed by atoms with E-state index in [9.17, 15) is 18.3 Å². The van der Waals surface area contributed by atoms with Crippen LogP contribution in [0.2, 0.25) is 0 Å². The van der Waals surface area contributed by atoms with Crippen molar-refractivity contribution in [1.29, 1.82) is 0 Å².